The zero-order valence-corrected chi connectivity index (χ0v) is 36.6. The smallest absolute Gasteiger partial charge is 0.170 e. The number of nitrogens with zero attached hydrogens (tertiary/aromatic N) is 5. The molecule has 0 amide bonds. The van der Waals surface area contributed by atoms with E-state index in [2.05, 4.69) is 211 Å². The minimum Gasteiger partial charge on any atom is -0.455 e. The van der Waals surface area contributed by atoms with Crippen LogP contribution in [0.3, 0.4) is 0 Å². The van der Waals surface area contributed by atoms with Gasteiger partial charge in [-0.1, -0.05) is 171 Å². The summed E-state index contributed by atoms with van der Waals surface area (Å²) in [5.74, 6) is 1.62. The summed E-state index contributed by atoms with van der Waals surface area (Å²) in [4.78, 5) is 18.6. The first-order chi connectivity index (χ1) is 33.0. The van der Waals surface area contributed by atoms with Crippen LogP contribution in [0.2, 0.25) is 0 Å². The maximum Gasteiger partial charge on any atom is 0.170 e. The lowest BCUT2D eigenvalue weighted by Crippen LogP contribution is -2.20. The predicted molar refractivity (Wildman–Crippen MR) is 277 cm³/mol. The van der Waals surface area contributed by atoms with Crippen molar-refractivity contribution in [3.8, 4) is 51.0 Å². The molecule has 316 valence electrons. The molecule has 0 bridgehead atoms. The molecular formula is C61H41N5O. The van der Waals surface area contributed by atoms with E-state index < -0.39 is 0 Å². The van der Waals surface area contributed by atoms with Crippen LogP contribution in [0.4, 0.5) is 11.4 Å². The van der Waals surface area contributed by atoms with E-state index in [0.717, 1.165) is 94.3 Å². The van der Waals surface area contributed by atoms with Crippen LogP contribution in [0, 0.1) is 5.92 Å². The summed E-state index contributed by atoms with van der Waals surface area (Å²) in [7, 11) is 0. The molecule has 1 aliphatic heterocycles. The molecule has 0 spiro atoms. The Bertz CT molecular complexity index is 3960. The van der Waals surface area contributed by atoms with Gasteiger partial charge < -0.3 is 13.9 Å². The Kier molecular flexibility index (Phi) is 8.86. The second-order valence-corrected chi connectivity index (χ2v) is 17.3. The van der Waals surface area contributed by atoms with Gasteiger partial charge in [-0.2, -0.15) is 0 Å². The van der Waals surface area contributed by atoms with Crippen LogP contribution >= 0.6 is 0 Å². The molecule has 1 aliphatic rings. The maximum atomic E-state index is 6.96. The first kappa shape index (κ1) is 38.6. The highest BCUT2D eigenvalue weighted by Crippen LogP contribution is 2.48. The van der Waals surface area contributed by atoms with Crippen molar-refractivity contribution in [3.63, 3.8) is 0 Å². The quantitative estimate of drug-likeness (QED) is 0.167. The van der Waals surface area contributed by atoms with Crippen LogP contribution in [0.25, 0.3) is 112 Å². The molecule has 6 nitrogen and oxygen atoms in total. The lowest BCUT2D eigenvalue weighted by atomic mass is 10.0. The Morgan fingerprint density at radius 3 is 1.88 bits per heavy atom. The minimum absolute atomic E-state index is 0.0189. The predicted octanol–water partition coefficient (Wildman–Crippen LogP) is 16.0. The van der Waals surface area contributed by atoms with Crippen LogP contribution in [-0.2, 0) is 0 Å². The van der Waals surface area contributed by atoms with Gasteiger partial charge >= 0.3 is 0 Å². The van der Waals surface area contributed by atoms with E-state index in [1.54, 1.807) is 0 Å². The topological polar surface area (TPSA) is 60.0 Å². The van der Waals surface area contributed by atoms with Crippen molar-refractivity contribution in [2.24, 2.45) is 5.92 Å². The number of allylic oxidation sites excluding steroid dienone is 1. The summed E-state index contributed by atoms with van der Waals surface area (Å²) in [5.41, 5.74) is 13.4. The summed E-state index contributed by atoms with van der Waals surface area (Å²) in [5, 5.41) is 6.64. The lowest BCUT2D eigenvalue weighted by Gasteiger charge is -2.31. The third kappa shape index (κ3) is 6.37. The highest BCUT2D eigenvalue weighted by atomic mass is 16.3. The average molecular weight is 860 g/mol. The lowest BCUT2D eigenvalue weighted by molar-refractivity contribution is 0.669. The van der Waals surface area contributed by atoms with Crippen molar-refractivity contribution in [1.82, 2.24) is 19.5 Å². The highest BCUT2D eigenvalue weighted by Gasteiger charge is 2.29. The SMILES string of the molecule is C=C1[C@@H](C)C=Cc2cc3ccccc3cc2N1c1ccc2c(oc3ccccc32)c1-c1nc(-c2ccc(-c3ccccc3)cc2)nc(-c2ccc3c4ccccc4n(-c4ccccc4)c3c2)n1. The number of furan rings is 1. The summed E-state index contributed by atoms with van der Waals surface area (Å²) in [6.45, 7) is 6.98. The summed E-state index contributed by atoms with van der Waals surface area (Å²) in [6, 6.07) is 70.2. The van der Waals surface area contributed by atoms with Gasteiger partial charge in [0.15, 0.2) is 17.5 Å². The molecule has 9 aromatic carbocycles. The molecule has 0 N–H and O–H groups in total. The van der Waals surface area contributed by atoms with Crippen LogP contribution in [-0.4, -0.2) is 19.5 Å². The third-order valence-electron chi connectivity index (χ3n) is 13.3. The molecule has 13 rings (SSSR count). The molecule has 3 aromatic heterocycles. The van der Waals surface area contributed by atoms with E-state index in [9.17, 15) is 0 Å². The van der Waals surface area contributed by atoms with Crippen molar-refractivity contribution in [1.29, 1.82) is 0 Å². The van der Waals surface area contributed by atoms with Gasteiger partial charge in [0.25, 0.3) is 0 Å². The number of benzene rings is 9. The monoisotopic (exact) mass is 859 g/mol. The fourth-order valence-electron chi connectivity index (χ4n) is 9.91. The molecule has 0 aliphatic carbocycles. The van der Waals surface area contributed by atoms with E-state index >= 15 is 0 Å². The van der Waals surface area contributed by atoms with Gasteiger partial charge in [0, 0.05) is 50.0 Å². The summed E-state index contributed by atoms with van der Waals surface area (Å²) in [6.07, 6.45) is 4.46. The van der Waals surface area contributed by atoms with E-state index in [-0.39, 0.29) is 5.92 Å². The Morgan fingerprint density at radius 1 is 0.478 bits per heavy atom. The number of anilines is 2. The number of fused-ring (bicyclic) bond motifs is 8. The molecule has 0 fully saturated rings. The normalized spacial score (nSPS) is 13.8. The Hall–Kier alpha value is -8.87. The third-order valence-corrected chi connectivity index (χ3v) is 13.3. The molecule has 0 saturated heterocycles. The second-order valence-electron chi connectivity index (χ2n) is 17.3. The zero-order chi connectivity index (χ0) is 44.6. The van der Waals surface area contributed by atoms with E-state index in [0.29, 0.717) is 23.1 Å². The molecule has 1 atom stereocenters. The fraction of sp³-hybridized carbons (Fsp3) is 0.0328. The van der Waals surface area contributed by atoms with Crippen molar-refractivity contribution in [2.45, 2.75) is 6.92 Å². The van der Waals surface area contributed by atoms with Crippen LogP contribution in [0.15, 0.2) is 223 Å². The number of para-hydroxylation sites is 3. The number of hydrogen-bond acceptors (Lipinski definition) is 5. The van der Waals surface area contributed by atoms with Gasteiger partial charge in [0.05, 0.1) is 28.0 Å². The molecule has 0 unspecified atom stereocenters. The van der Waals surface area contributed by atoms with Crippen molar-refractivity contribution in [3.05, 3.63) is 224 Å². The Labute approximate surface area is 387 Å². The fourth-order valence-corrected chi connectivity index (χ4v) is 9.91. The zero-order valence-electron chi connectivity index (χ0n) is 36.6. The van der Waals surface area contributed by atoms with Gasteiger partial charge in [-0.05, 0) is 82.1 Å². The van der Waals surface area contributed by atoms with Crippen LogP contribution < -0.4 is 4.90 Å². The number of rotatable bonds is 6. The molecule has 0 radical (unpaired) electrons. The Morgan fingerprint density at radius 2 is 1.07 bits per heavy atom. The molecule has 0 saturated carbocycles. The second kappa shape index (κ2) is 15.4. The average Bonchev–Trinajstić information content (AvgIpc) is 3.90. The summed E-state index contributed by atoms with van der Waals surface area (Å²) < 4.78 is 9.28. The standard InChI is InChI=1S/C61H41N5O/c1-38-25-26-45-35-43-17-9-10-18-44(43)36-54(45)65(39(38)2)53-34-33-51-50-22-12-14-24-56(50)67-58(51)57(53)61-63-59(42-29-27-41(28-30-42)40-15-5-3-6-16-40)62-60(64-61)46-31-32-49-48-21-11-13-23-52(48)66(55(49)37-46)47-19-7-4-8-20-47/h3-38H,2H2,1H3/t38-/m0/s1. The molecular weight excluding hydrogens is 819 g/mol. The molecule has 67 heavy (non-hydrogen) atoms. The first-order valence-electron chi connectivity index (χ1n) is 22.7. The molecule has 4 heterocycles. The summed E-state index contributed by atoms with van der Waals surface area (Å²) >= 11 is 0. The van der Waals surface area contributed by atoms with Gasteiger partial charge in [-0.3, -0.25) is 0 Å². The first-order valence-corrected chi connectivity index (χ1v) is 22.7. The highest BCUT2D eigenvalue weighted by molar-refractivity contribution is 6.13. The maximum absolute atomic E-state index is 6.96. The molecule has 6 heteroatoms. The van der Waals surface area contributed by atoms with Gasteiger partial charge in [-0.15, -0.1) is 0 Å². The van der Waals surface area contributed by atoms with Gasteiger partial charge in [0.2, 0.25) is 0 Å². The number of hydrogen-bond donors (Lipinski definition) is 0. The van der Waals surface area contributed by atoms with E-state index in [4.69, 9.17) is 25.9 Å². The van der Waals surface area contributed by atoms with E-state index in [1.807, 2.05) is 18.2 Å². The van der Waals surface area contributed by atoms with Crippen LogP contribution in [0.5, 0.6) is 0 Å². The van der Waals surface area contributed by atoms with Gasteiger partial charge in [-0.25, -0.2) is 15.0 Å². The van der Waals surface area contributed by atoms with Crippen LogP contribution in [0.1, 0.15) is 12.5 Å². The molecule has 12 aromatic rings. The largest absolute Gasteiger partial charge is 0.455 e. The van der Waals surface area contributed by atoms with Crippen molar-refractivity contribution >= 4 is 72.0 Å². The minimum atomic E-state index is 0.0189. The Balaban J connectivity index is 1.10. The van der Waals surface area contributed by atoms with E-state index in [1.165, 1.54) is 10.8 Å². The van der Waals surface area contributed by atoms with Gasteiger partial charge in [0.1, 0.15) is 11.2 Å². The van der Waals surface area contributed by atoms with Crippen molar-refractivity contribution in [2.75, 3.05) is 4.90 Å². The number of aromatic nitrogens is 4. The van der Waals surface area contributed by atoms with Crippen molar-refractivity contribution < 1.29 is 4.42 Å².